The molecule has 2 aliphatic heterocycles. The Morgan fingerprint density at radius 3 is 2.95 bits per heavy atom. The average Bonchev–Trinajstić information content (AvgIpc) is 2.71. The number of fused-ring (bicyclic) bond motifs is 1. The first-order chi connectivity index (χ1) is 9.87. The summed E-state index contributed by atoms with van der Waals surface area (Å²) in [6, 6.07) is 0. The largest absolute Gasteiger partial charge is 0.488 e. The van der Waals surface area contributed by atoms with E-state index in [0.717, 1.165) is 0 Å². The lowest BCUT2D eigenvalue weighted by Gasteiger charge is -2.27. The summed E-state index contributed by atoms with van der Waals surface area (Å²) in [5.41, 5.74) is 11.5. The van der Waals surface area contributed by atoms with E-state index in [1.54, 1.807) is 0 Å². The molecule has 0 bridgehead atoms. The molecule has 21 heavy (non-hydrogen) atoms. The lowest BCUT2D eigenvalue weighted by atomic mass is 10.1. The molecule has 2 aliphatic rings. The molecule has 0 saturated carbocycles. The van der Waals surface area contributed by atoms with E-state index in [-0.39, 0.29) is 23.9 Å². The zero-order valence-electron chi connectivity index (χ0n) is 10.8. The monoisotopic (exact) mass is 314 g/mol. The van der Waals surface area contributed by atoms with Crippen molar-refractivity contribution in [3.63, 3.8) is 0 Å². The number of hydrogen-bond donors (Lipinski definition) is 5. The summed E-state index contributed by atoms with van der Waals surface area (Å²) in [6.45, 7) is 0.0160. The predicted octanol–water partition coefficient (Wildman–Crippen LogP) is -1.61. The van der Waals surface area contributed by atoms with Crippen LogP contribution in [0.5, 0.6) is 0 Å². The molecule has 0 aliphatic carbocycles. The second-order valence-electron chi connectivity index (χ2n) is 4.68. The van der Waals surface area contributed by atoms with Crippen LogP contribution in [-0.4, -0.2) is 58.7 Å². The van der Waals surface area contributed by atoms with Crippen LogP contribution in [0.2, 0.25) is 0 Å². The molecule has 2 radical (unpaired) electrons. The number of nitrogens with two attached hydrogens (primary N) is 2. The van der Waals surface area contributed by atoms with E-state index in [4.69, 9.17) is 32.8 Å². The van der Waals surface area contributed by atoms with Gasteiger partial charge in [0.25, 0.3) is 0 Å². The fraction of sp³-hybridized carbons (Fsp3) is 0.556. The number of anilines is 3. The molecule has 10 nitrogen and oxygen atoms in total. The summed E-state index contributed by atoms with van der Waals surface area (Å²) in [7, 11) is 2.01. The molecular formula is C9H14BN5O5P+. The van der Waals surface area contributed by atoms with E-state index < -0.39 is 32.4 Å². The Labute approximate surface area is 121 Å². The fourth-order valence-corrected chi connectivity index (χ4v) is 3.20. The molecular weight excluding hydrogens is 300 g/mol. The van der Waals surface area contributed by atoms with E-state index in [2.05, 4.69) is 15.3 Å². The van der Waals surface area contributed by atoms with Crippen molar-refractivity contribution in [2.75, 3.05) is 23.4 Å². The summed E-state index contributed by atoms with van der Waals surface area (Å²) in [5, 5.41) is 13.0. The number of aromatic nitrogens is 2. The molecule has 0 spiro atoms. The van der Waals surface area contributed by atoms with Gasteiger partial charge < -0.3 is 26.6 Å². The summed E-state index contributed by atoms with van der Waals surface area (Å²) >= 11 is 0. The minimum Gasteiger partial charge on any atom is -0.393 e. The van der Waals surface area contributed by atoms with Crippen molar-refractivity contribution in [2.45, 2.75) is 24.5 Å². The smallest absolute Gasteiger partial charge is 0.393 e. The molecule has 2 fully saturated rings. The van der Waals surface area contributed by atoms with Gasteiger partial charge in [-0.3, -0.25) is 0 Å². The van der Waals surface area contributed by atoms with Gasteiger partial charge in [0.15, 0.2) is 24.0 Å². The van der Waals surface area contributed by atoms with Gasteiger partial charge in [-0.25, -0.2) is 14.9 Å². The van der Waals surface area contributed by atoms with Crippen molar-refractivity contribution in [2.24, 2.45) is 0 Å². The number of ether oxygens (including phenoxy) is 1. The van der Waals surface area contributed by atoms with Crippen LogP contribution >= 0.6 is 7.82 Å². The lowest BCUT2D eigenvalue weighted by Crippen LogP contribution is -2.41. The molecule has 7 N–H and O–H groups in total. The highest BCUT2D eigenvalue weighted by Gasteiger charge is 2.56. The Bertz CT molecular complexity index is 551. The number of hydrogen-bond acceptors (Lipinski definition) is 10. The Morgan fingerprint density at radius 2 is 2.19 bits per heavy atom. The molecule has 5 atom stereocenters. The van der Waals surface area contributed by atoms with Crippen molar-refractivity contribution in [1.82, 2.24) is 9.97 Å². The number of nitrogens with one attached hydrogen (secondary N) is 1. The van der Waals surface area contributed by atoms with Crippen molar-refractivity contribution < 1.29 is 23.8 Å². The molecule has 0 amide bonds. The maximum absolute atomic E-state index is 10.2. The molecule has 1 aromatic heterocycles. The lowest BCUT2D eigenvalue weighted by molar-refractivity contribution is -0.0409. The molecule has 1 aromatic rings. The Morgan fingerprint density at radius 1 is 1.43 bits per heavy atom. The SMILES string of the molecule is [B][P+]1(O)OC[C@H]2OC(Nc3ncnc(N)c3N)C(O)[C@@H]2O1. The molecule has 3 rings (SSSR count). The highest BCUT2D eigenvalue weighted by molar-refractivity contribution is 7.85. The maximum Gasteiger partial charge on any atom is 0.488 e. The van der Waals surface area contributed by atoms with E-state index in [0.29, 0.717) is 0 Å². The third-order valence-corrected chi connectivity index (χ3v) is 4.29. The zero-order chi connectivity index (χ0) is 15.2. The Kier molecular flexibility index (Phi) is 3.64. The van der Waals surface area contributed by atoms with Crippen LogP contribution in [0.4, 0.5) is 17.3 Å². The normalized spacial score (nSPS) is 39.0. The van der Waals surface area contributed by atoms with Crippen LogP contribution in [0, 0.1) is 0 Å². The van der Waals surface area contributed by atoms with Gasteiger partial charge in [0, 0.05) is 0 Å². The maximum atomic E-state index is 10.2. The third kappa shape index (κ3) is 2.76. The van der Waals surface area contributed by atoms with Gasteiger partial charge in [-0.1, -0.05) is 0 Å². The second kappa shape index (κ2) is 5.20. The zero-order valence-corrected chi connectivity index (χ0v) is 11.7. The second-order valence-corrected chi connectivity index (χ2v) is 6.28. The number of nitrogen functional groups attached to an aromatic ring is 2. The van der Waals surface area contributed by atoms with Crippen LogP contribution in [0.25, 0.3) is 0 Å². The van der Waals surface area contributed by atoms with Gasteiger partial charge >= 0.3 is 15.4 Å². The standard InChI is InChI=1S/C9H14BN5O5P/c10-21(17)18-1-3-6(20-21)5(16)9(19-3)15-8-4(11)7(12)13-2-14-8/h2-3,5-6,9,16-17H,1,11H2,(H3,12,13,14,15)/q+1/t3-,5?,6-,9?,21?/m1/s1. The summed E-state index contributed by atoms with van der Waals surface area (Å²) in [6.07, 6.45) is -2.10. The summed E-state index contributed by atoms with van der Waals surface area (Å²) in [5.74, 6) is 0.336. The molecule has 3 unspecified atom stereocenters. The van der Waals surface area contributed by atoms with Crippen molar-refractivity contribution in [3.05, 3.63) is 6.33 Å². The highest BCUT2D eigenvalue weighted by atomic mass is 31.2. The first-order valence-corrected chi connectivity index (χ1v) is 7.71. The van der Waals surface area contributed by atoms with Gasteiger partial charge in [0.2, 0.25) is 0 Å². The number of nitrogens with zero attached hydrogens (tertiary/aromatic N) is 2. The topological polar surface area (TPSA) is 158 Å². The van der Waals surface area contributed by atoms with Crippen LogP contribution in [0.1, 0.15) is 0 Å². The van der Waals surface area contributed by atoms with Gasteiger partial charge in [-0.05, 0) is 0 Å². The average molecular weight is 314 g/mol. The van der Waals surface area contributed by atoms with Crippen LogP contribution < -0.4 is 16.8 Å². The Balaban J connectivity index is 1.75. The first-order valence-electron chi connectivity index (χ1n) is 6.07. The van der Waals surface area contributed by atoms with E-state index in [9.17, 15) is 10.00 Å². The van der Waals surface area contributed by atoms with Crippen LogP contribution in [0.3, 0.4) is 0 Å². The first kappa shape index (κ1) is 14.7. The third-order valence-electron chi connectivity index (χ3n) is 3.22. The summed E-state index contributed by atoms with van der Waals surface area (Å²) in [4.78, 5) is 17.3. The molecule has 112 valence electrons. The van der Waals surface area contributed by atoms with Crippen molar-refractivity contribution >= 4 is 32.7 Å². The minimum absolute atomic E-state index is 0.0160. The van der Waals surface area contributed by atoms with Gasteiger partial charge in [-0.2, -0.15) is 9.05 Å². The van der Waals surface area contributed by atoms with Gasteiger partial charge in [-0.15, -0.1) is 0 Å². The summed E-state index contributed by atoms with van der Waals surface area (Å²) < 4.78 is 15.7. The quantitative estimate of drug-likeness (QED) is 0.317. The Hall–Kier alpha value is -1.23. The number of aliphatic hydroxyl groups excluding tert-OH is 1. The minimum atomic E-state index is -3.41. The van der Waals surface area contributed by atoms with Gasteiger partial charge in [0.05, 0.1) is 0 Å². The van der Waals surface area contributed by atoms with Gasteiger partial charge in [0.1, 0.15) is 30.8 Å². The predicted molar refractivity (Wildman–Crippen MR) is 74.9 cm³/mol. The van der Waals surface area contributed by atoms with E-state index >= 15 is 0 Å². The molecule has 2 saturated heterocycles. The van der Waals surface area contributed by atoms with Crippen molar-refractivity contribution in [1.29, 1.82) is 0 Å². The molecule has 3 heterocycles. The van der Waals surface area contributed by atoms with Crippen LogP contribution in [0.15, 0.2) is 6.33 Å². The van der Waals surface area contributed by atoms with E-state index in [1.165, 1.54) is 6.33 Å². The molecule has 12 heteroatoms. The van der Waals surface area contributed by atoms with E-state index in [1.807, 2.05) is 0 Å². The van der Waals surface area contributed by atoms with Crippen LogP contribution in [-0.2, 0) is 13.8 Å². The molecule has 0 aromatic carbocycles. The fourth-order valence-electron chi connectivity index (χ4n) is 2.17. The highest BCUT2D eigenvalue weighted by Crippen LogP contribution is 2.57. The number of aliphatic hydroxyl groups is 1. The van der Waals surface area contributed by atoms with Crippen molar-refractivity contribution in [3.8, 4) is 0 Å². The number of rotatable bonds is 2.